The molecule has 0 aliphatic rings. The summed E-state index contributed by atoms with van der Waals surface area (Å²) < 4.78 is 0.737. The van der Waals surface area contributed by atoms with Gasteiger partial charge in [0.1, 0.15) is 0 Å². The number of rotatable bonds is 1. The van der Waals surface area contributed by atoms with Crippen LogP contribution in [0.4, 0.5) is 10.5 Å². The quantitative estimate of drug-likeness (QED) is 0.413. The maximum Gasteiger partial charge on any atom is 0.333 e. The van der Waals surface area contributed by atoms with Crippen LogP contribution in [0.5, 0.6) is 0 Å². The molecule has 1 aromatic rings. The van der Waals surface area contributed by atoms with Gasteiger partial charge in [-0.15, -0.1) is 0 Å². The molecule has 4 N–H and O–H groups in total. The van der Waals surface area contributed by atoms with Gasteiger partial charge in [0.05, 0.1) is 5.69 Å². The lowest BCUT2D eigenvalue weighted by molar-refractivity contribution is 0.252. The Kier molecular flexibility index (Phi) is 3.53. The molecule has 0 heterocycles. The van der Waals surface area contributed by atoms with Gasteiger partial charge in [-0.3, -0.25) is 5.43 Å². The molecule has 1 rings (SSSR count). The molecule has 6 heteroatoms. The van der Waals surface area contributed by atoms with E-state index in [2.05, 4.69) is 21.2 Å². The fraction of sp³-hybridized carbons (Fsp3) is 0. The number of urea groups is 1. The molecular formula is C7H7BrClN3O. The van der Waals surface area contributed by atoms with Crippen molar-refractivity contribution in [3.63, 3.8) is 0 Å². The molecule has 0 atom stereocenters. The van der Waals surface area contributed by atoms with Gasteiger partial charge in [-0.25, -0.2) is 10.6 Å². The van der Waals surface area contributed by atoms with Crippen LogP contribution in [0.2, 0.25) is 5.02 Å². The second-order valence-corrected chi connectivity index (χ2v) is 3.51. The number of nitrogens with two attached hydrogens (primary N) is 1. The molecule has 0 fully saturated rings. The highest BCUT2D eigenvalue weighted by Crippen LogP contribution is 2.25. The first kappa shape index (κ1) is 10.3. The van der Waals surface area contributed by atoms with Crippen molar-refractivity contribution in [2.45, 2.75) is 0 Å². The summed E-state index contributed by atoms with van der Waals surface area (Å²) in [5.74, 6) is 4.90. The number of halogens is 2. The maximum absolute atomic E-state index is 10.8. The Hall–Kier alpha value is -0.780. The zero-order valence-electron chi connectivity index (χ0n) is 6.47. The summed E-state index contributed by atoms with van der Waals surface area (Å²) in [6.45, 7) is 0. The summed E-state index contributed by atoms with van der Waals surface area (Å²) in [4.78, 5) is 10.8. The van der Waals surface area contributed by atoms with Crippen LogP contribution in [-0.4, -0.2) is 6.03 Å². The minimum Gasteiger partial charge on any atom is -0.306 e. The fourth-order valence-corrected chi connectivity index (χ4v) is 1.27. The Morgan fingerprint density at radius 1 is 1.54 bits per heavy atom. The van der Waals surface area contributed by atoms with Gasteiger partial charge in [-0.1, -0.05) is 11.6 Å². The number of hydrazine groups is 1. The van der Waals surface area contributed by atoms with Gasteiger partial charge in [0.2, 0.25) is 0 Å². The van der Waals surface area contributed by atoms with E-state index in [0.29, 0.717) is 10.7 Å². The summed E-state index contributed by atoms with van der Waals surface area (Å²) >= 11 is 8.97. The molecular weight excluding hydrogens is 257 g/mol. The highest BCUT2D eigenvalue weighted by Gasteiger charge is 2.03. The topological polar surface area (TPSA) is 67.1 Å². The zero-order valence-corrected chi connectivity index (χ0v) is 8.82. The van der Waals surface area contributed by atoms with Crippen LogP contribution >= 0.6 is 27.5 Å². The SMILES string of the molecule is NNC(=O)Nc1cc(Cl)ccc1Br. The molecule has 0 bridgehead atoms. The molecule has 0 aromatic heterocycles. The number of benzene rings is 1. The van der Waals surface area contributed by atoms with E-state index in [1.807, 2.05) is 5.43 Å². The number of hydrogen-bond acceptors (Lipinski definition) is 2. The second-order valence-electron chi connectivity index (χ2n) is 2.22. The maximum atomic E-state index is 10.8. The van der Waals surface area contributed by atoms with E-state index in [4.69, 9.17) is 17.4 Å². The number of nitrogens with one attached hydrogen (secondary N) is 2. The predicted octanol–water partition coefficient (Wildman–Crippen LogP) is 2.10. The number of hydrogen-bond donors (Lipinski definition) is 3. The van der Waals surface area contributed by atoms with Crippen molar-refractivity contribution < 1.29 is 4.79 Å². The smallest absolute Gasteiger partial charge is 0.306 e. The fourth-order valence-electron chi connectivity index (χ4n) is 0.752. The lowest BCUT2D eigenvalue weighted by atomic mass is 10.3. The predicted molar refractivity (Wildman–Crippen MR) is 55.5 cm³/mol. The van der Waals surface area contributed by atoms with Crippen molar-refractivity contribution in [1.29, 1.82) is 0 Å². The van der Waals surface area contributed by atoms with Crippen LogP contribution in [0.3, 0.4) is 0 Å². The van der Waals surface area contributed by atoms with Crippen molar-refractivity contribution in [3.05, 3.63) is 27.7 Å². The Morgan fingerprint density at radius 2 is 2.23 bits per heavy atom. The van der Waals surface area contributed by atoms with E-state index < -0.39 is 6.03 Å². The summed E-state index contributed by atoms with van der Waals surface area (Å²) in [6.07, 6.45) is 0. The molecule has 0 aliphatic heterocycles. The van der Waals surface area contributed by atoms with Crippen LogP contribution in [0.1, 0.15) is 0 Å². The van der Waals surface area contributed by atoms with Gasteiger partial charge in [-0.05, 0) is 34.1 Å². The molecule has 0 saturated carbocycles. The minimum atomic E-state index is -0.497. The Balaban J connectivity index is 2.87. The monoisotopic (exact) mass is 263 g/mol. The second kappa shape index (κ2) is 4.45. The van der Waals surface area contributed by atoms with E-state index in [-0.39, 0.29) is 0 Å². The zero-order chi connectivity index (χ0) is 9.84. The van der Waals surface area contributed by atoms with E-state index in [1.165, 1.54) is 0 Å². The first-order valence-corrected chi connectivity index (χ1v) is 4.53. The molecule has 13 heavy (non-hydrogen) atoms. The molecule has 1 aromatic carbocycles. The summed E-state index contributed by atoms with van der Waals surface area (Å²) in [6, 6.07) is 4.55. The van der Waals surface area contributed by atoms with Crippen LogP contribution in [0.25, 0.3) is 0 Å². The third-order valence-corrected chi connectivity index (χ3v) is 2.23. The van der Waals surface area contributed by atoms with Gasteiger partial charge in [0, 0.05) is 9.50 Å². The van der Waals surface area contributed by atoms with Gasteiger partial charge in [-0.2, -0.15) is 0 Å². The summed E-state index contributed by atoms with van der Waals surface area (Å²) in [5.41, 5.74) is 2.51. The van der Waals surface area contributed by atoms with Crippen molar-refractivity contribution >= 4 is 39.2 Å². The first-order valence-electron chi connectivity index (χ1n) is 3.36. The average Bonchev–Trinajstić information content (AvgIpc) is 2.11. The lowest BCUT2D eigenvalue weighted by Gasteiger charge is -2.06. The van der Waals surface area contributed by atoms with E-state index in [0.717, 1.165) is 4.47 Å². The van der Waals surface area contributed by atoms with Gasteiger partial charge >= 0.3 is 6.03 Å². The van der Waals surface area contributed by atoms with Gasteiger partial charge in [0.15, 0.2) is 0 Å². The van der Waals surface area contributed by atoms with Crippen molar-refractivity contribution in [3.8, 4) is 0 Å². The first-order chi connectivity index (χ1) is 6.13. The average molecular weight is 265 g/mol. The highest BCUT2D eigenvalue weighted by molar-refractivity contribution is 9.10. The molecule has 0 spiro atoms. The molecule has 0 saturated heterocycles. The Labute approximate surface area is 88.5 Å². The number of carbonyl (C=O) groups excluding carboxylic acids is 1. The van der Waals surface area contributed by atoms with E-state index in [1.54, 1.807) is 18.2 Å². The van der Waals surface area contributed by atoms with Crippen molar-refractivity contribution in [2.75, 3.05) is 5.32 Å². The molecule has 0 radical (unpaired) electrons. The standard InChI is InChI=1S/C7H7BrClN3O/c8-5-2-1-4(9)3-6(5)11-7(13)12-10/h1-3H,10H2,(H2,11,12,13). The summed E-state index contributed by atoms with van der Waals surface area (Å²) in [5, 5.41) is 3.03. The Bertz CT molecular complexity index is 332. The lowest BCUT2D eigenvalue weighted by Crippen LogP contribution is -2.34. The Morgan fingerprint density at radius 3 is 2.85 bits per heavy atom. The van der Waals surface area contributed by atoms with E-state index >= 15 is 0 Å². The third-order valence-electron chi connectivity index (χ3n) is 1.31. The van der Waals surface area contributed by atoms with Gasteiger partial charge < -0.3 is 5.32 Å². The number of anilines is 1. The largest absolute Gasteiger partial charge is 0.333 e. The number of amides is 2. The van der Waals surface area contributed by atoms with Crippen LogP contribution in [0, 0.1) is 0 Å². The van der Waals surface area contributed by atoms with Crippen LogP contribution in [-0.2, 0) is 0 Å². The molecule has 4 nitrogen and oxygen atoms in total. The molecule has 0 unspecified atom stereocenters. The third kappa shape index (κ3) is 2.87. The summed E-state index contributed by atoms with van der Waals surface area (Å²) in [7, 11) is 0. The van der Waals surface area contributed by atoms with Crippen molar-refractivity contribution in [2.24, 2.45) is 5.84 Å². The molecule has 0 aliphatic carbocycles. The van der Waals surface area contributed by atoms with Gasteiger partial charge in [0.25, 0.3) is 0 Å². The number of carbonyl (C=O) groups is 1. The molecule has 70 valence electrons. The van der Waals surface area contributed by atoms with Crippen LogP contribution in [0.15, 0.2) is 22.7 Å². The van der Waals surface area contributed by atoms with Crippen molar-refractivity contribution in [1.82, 2.24) is 5.43 Å². The normalized spacial score (nSPS) is 9.46. The molecule has 2 amide bonds. The van der Waals surface area contributed by atoms with E-state index in [9.17, 15) is 4.79 Å². The van der Waals surface area contributed by atoms with Crippen LogP contribution < -0.4 is 16.6 Å². The highest BCUT2D eigenvalue weighted by atomic mass is 79.9. The minimum absolute atomic E-state index is 0.497.